The van der Waals surface area contributed by atoms with Gasteiger partial charge >= 0.3 is 0 Å². The highest BCUT2D eigenvalue weighted by atomic mass is 19.1. The molecule has 5 heteroatoms. The van der Waals surface area contributed by atoms with E-state index in [-0.39, 0.29) is 11.5 Å². The molecule has 13 heavy (non-hydrogen) atoms. The molecule has 1 amide bonds. The van der Waals surface area contributed by atoms with Gasteiger partial charge in [0.15, 0.2) is 0 Å². The average Bonchev–Trinajstić information content (AvgIpc) is 2.03. The van der Waals surface area contributed by atoms with E-state index in [9.17, 15) is 9.18 Å². The third kappa shape index (κ3) is 2.79. The van der Waals surface area contributed by atoms with E-state index in [1.165, 1.54) is 17.3 Å². The molecule has 70 valence electrons. The fourth-order valence-electron chi connectivity index (χ4n) is 0.811. The molecule has 0 radical (unpaired) electrons. The highest BCUT2D eigenvalue weighted by Crippen LogP contribution is 1.99. The maximum Gasteiger partial charge on any atom is 0.265 e. The van der Waals surface area contributed by atoms with Crippen molar-refractivity contribution in [3.05, 3.63) is 29.8 Å². The molecule has 0 saturated heterocycles. The van der Waals surface area contributed by atoms with Crippen LogP contribution in [-0.4, -0.2) is 30.0 Å². The van der Waals surface area contributed by atoms with Crippen LogP contribution in [0.1, 0.15) is 10.4 Å². The summed E-state index contributed by atoms with van der Waals surface area (Å²) in [6.07, 6.45) is 1.25. The zero-order chi connectivity index (χ0) is 9.84. The lowest BCUT2D eigenvalue weighted by atomic mass is 10.2. The molecular formula is C8H10FN3O. The summed E-state index contributed by atoms with van der Waals surface area (Å²) in [6.45, 7) is 0. The van der Waals surface area contributed by atoms with Gasteiger partial charge < -0.3 is 0 Å². The summed E-state index contributed by atoms with van der Waals surface area (Å²) in [5, 5.41) is 1.49. The fraction of sp³-hybridized carbons (Fsp3) is 0.250. The number of halogens is 1. The minimum absolute atomic E-state index is 0.251. The molecule has 1 heterocycles. The molecule has 0 unspecified atom stereocenters. The molecule has 0 bridgehead atoms. The van der Waals surface area contributed by atoms with Crippen molar-refractivity contribution >= 4 is 5.91 Å². The van der Waals surface area contributed by atoms with E-state index in [1.54, 1.807) is 14.1 Å². The predicted octanol–water partition coefficient (Wildman–Crippen LogP) is 0.427. The second-order valence-electron chi connectivity index (χ2n) is 2.70. The predicted molar refractivity (Wildman–Crippen MR) is 45.3 cm³/mol. The molecule has 0 saturated carbocycles. The minimum Gasteiger partial charge on any atom is -0.285 e. The summed E-state index contributed by atoms with van der Waals surface area (Å²) in [6, 6.07) is 2.53. The van der Waals surface area contributed by atoms with Crippen molar-refractivity contribution in [2.45, 2.75) is 0 Å². The third-order valence-electron chi connectivity index (χ3n) is 1.31. The van der Waals surface area contributed by atoms with Crippen LogP contribution in [-0.2, 0) is 0 Å². The quantitative estimate of drug-likeness (QED) is 0.534. The lowest BCUT2D eigenvalue weighted by Gasteiger charge is -2.11. The van der Waals surface area contributed by atoms with E-state index in [4.69, 9.17) is 0 Å². The van der Waals surface area contributed by atoms with Crippen LogP contribution in [0.4, 0.5) is 4.39 Å². The molecule has 0 aliphatic heterocycles. The van der Waals surface area contributed by atoms with Crippen molar-refractivity contribution in [3.63, 3.8) is 0 Å². The Balaban J connectivity index is 2.77. The van der Waals surface area contributed by atoms with E-state index in [2.05, 4.69) is 10.4 Å². The van der Waals surface area contributed by atoms with Crippen LogP contribution in [0.25, 0.3) is 0 Å². The van der Waals surface area contributed by atoms with Crippen molar-refractivity contribution in [1.82, 2.24) is 15.4 Å². The molecule has 0 spiro atoms. The number of amides is 1. The van der Waals surface area contributed by atoms with Crippen molar-refractivity contribution in [2.24, 2.45) is 0 Å². The van der Waals surface area contributed by atoms with Gasteiger partial charge in [-0.3, -0.25) is 10.2 Å². The van der Waals surface area contributed by atoms with Gasteiger partial charge in [-0.1, -0.05) is 0 Å². The van der Waals surface area contributed by atoms with E-state index in [1.807, 2.05) is 0 Å². The fourth-order valence-corrected chi connectivity index (χ4v) is 0.811. The normalized spacial score (nSPS) is 10.2. The molecule has 0 aliphatic carbocycles. The average molecular weight is 183 g/mol. The van der Waals surface area contributed by atoms with Gasteiger partial charge in [0.05, 0.1) is 0 Å². The number of aromatic nitrogens is 1. The smallest absolute Gasteiger partial charge is 0.265 e. The standard InChI is InChI=1S/C8H10FN3O/c1-12(2)11-8(13)6-3-4-10-7(9)5-6/h3-5H,1-2H3,(H,11,13). The van der Waals surface area contributed by atoms with Gasteiger partial charge in [-0.05, 0) is 6.07 Å². The Morgan fingerprint density at radius 3 is 2.85 bits per heavy atom. The Labute approximate surface area is 75.4 Å². The Bertz CT molecular complexity index is 314. The lowest BCUT2D eigenvalue weighted by Crippen LogP contribution is -2.36. The number of hydrogen-bond acceptors (Lipinski definition) is 3. The topological polar surface area (TPSA) is 45.2 Å². The van der Waals surface area contributed by atoms with Crippen molar-refractivity contribution < 1.29 is 9.18 Å². The first-order valence-electron chi connectivity index (χ1n) is 3.69. The lowest BCUT2D eigenvalue weighted by molar-refractivity contribution is 0.0856. The summed E-state index contributed by atoms with van der Waals surface area (Å²) in [4.78, 5) is 14.6. The second-order valence-corrected chi connectivity index (χ2v) is 2.70. The van der Waals surface area contributed by atoms with Crippen LogP contribution in [0.2, 0.25) is 0 Å². The second kappa shape index (κ2) is 3.95. The first kappa shape index (κ1) is 9.60. The number of nitrogens with zero attached hydrogens (tertiary/aromatic N) is 2. The van der Waals surface area contributed by atoms with Crippen LogP contribution < -0.4 is 5.43 Å². The molecule has 0 atom stereocenters. The first-order valence-corrected chi connectivity index (χ1v) is 3.69. The van der Waals surface area contributed by atoms with Gasteiger partial charge in [-0.2, -0.15) is 4.39 Å². The van der Waals surface area contributed by atoms with Gasteiger partial charge in [0.25, 0.3) is 5.91 Å². The number of carbonyl (C=O) groups is 1. The number of pyridine rings is 1. The van der Waals surface area contributed by atoms with Crippen molar-refractivity contribution in [2.75, 3.05) is 14.1 Å². The number of hydrazine groups is 1. The number of nitrogens with one attached hydrogen (secondary N) is 1. The molecule has 4 nitrogen and oxygen atoms in total. The van der Waals surface area contributed by atoms with Gasteiger partial charge in [0.1, 0.15) is 0 Å². The Morgan fingerprint density at radius 2 is 2.31 bits per heavy atom. The monoisotopic (exact) mass is 183 g/mol. The highest BCUT2D eigenvalue weighted by molar-refractivity contribution is 5.93. The number of rotatable bonds is 2. The molecule has 1 aromatic rings. The molecule has 0 fully saturated rings. The van der Waals surface area contributed by atoms with E-state index in [0.29, 0.717) is 0 Å². The highest BCUT2D eigenvalue weighted by Gasteiger charge is 2.06. The van der Waals surface area contributed by atoms with Crippen LogP contribution in [0.15, 0.2) is 18.3 Å². The number of hydrogen-bond donors (Lipinski definition) is 1. The minimum atomic E-state index is -0.661. The van der Waals surface area contributed by atoms with E-state index in [0.717, 1.165) is 6.07 Å². The maximum absolute atomic E-state index is 12.6. The Morgan fingerprint density at radius 1 is 1.62 bits per heavy atom. The summed E-state index contributed by atoms with van der Waals surface area (Å²) in [7, 11) is 3.35. The molecule has 1 N–H and O–H groups in total. The van der Waals surface area contributed by atoms with Crippen molar-refractivity contribution in [1.29, 1.82) is 0 Å². The van der Waals surface area contributed by atoms with Crippen LogP contribution in [0, 0.1) is 5.95 Å². The molecule has 1 aromatic heterocycles. The van der Waals surface area contributed by atoms with Gasteiger partial charge in [0, 0.05) is 31.9 Å². The summed E-state index contributed by atoms with van der Waals surface area (Å²) in [5.74, 6) is -1.02. The third-order valence-corrected chi connectivity index (χ3v) is 1.31. The van der Waals surface area contributed by atoms with Crippen LogP contribution in [0.3, 0.4) is 0 Å². The Hall–Kier alpha value is -1.49. The van der Waals surface area contributed by atoms with Gasteiger partial charge in [0.2, 0.25) is 5.95 Å². The SMILES string of the molecule is CN(C)NC(=O)c1ccnc(F)c1. The molecular weight excluding hydrogens is 173 g/mol. The largest absolute Gasteiger partial charge is 0.285 e. The number of carbonyl (C=O) groups excluding carboxylic acids is 1. The first-order chi connectivity index (χ1) is 6.09. The molecule has 0 aliphatic rings. The Kier molecular flexibility index (Phi) is 2.92. The van der Waals surface area contributed by atoms with Crippen LogP contribution in [0.5, 0.6) is 0 Å². The van der Waals surface area contributed by atoms with E-state index < -0.39 is 5.95 Å². The van der Waals surface area contributed by atoms with E-state index >= 15 is 0 Å². The summed E-state index contributed by atoms with van der Waals surface area (Å²) in [5.41, 5.74) is 2.74. The van der Waals surface area contributed by atoms with Gasteiger partial charge in [-0.15, -0.1) is 0 Å². The summed E-state index contributed by atoms with van der Waals surface area (Å²) >= 11 is 0. The zero-order valence-corrected chi connectivity index (χ0v) is 7.41. The maximum atomic E-state index is 12.6. The molecule has 1 rings (SSSR count). The van der Waals surface area contributed by atoms with Gasteiger partial charge in [-0.25, -0.2) is 9.99 Å². The summed E-state index contributed by atoms with van der Waals surface area (Å²) < 4.78 is 12.6. The van der Waals surface area contributed by atoms with Crippen LogP contribution >= 0.6 is 0 Å². The molecule has 0 aromatic carbocycles. The zero-order valence-electron chi connectivity index (χ0n) is 7.41. The van der Waals surface area contributed by atoms with Crippen molar-refractivity contribution in [3.8, 4) is 0 Å².